The summed E-state index contributed by atoms with van der Waals surface area (Å²) in [5, 5.41) is 16.8. The number of halogens is 1. The highest BCUT2D eigenvalue weighted by molar-refractivity contribution is 5.93. The summed E-state index contributed by atoms with van der Waals surface area (Å²) in [5.74, 6) is -0.262. The number of hydrogen-bond acceptors (Lipinski definition) is 9. The van der Waals surface area contributed by atoms with E-state index in [1.54, 1.807) is 11.0 Å². The number of ether oxygens (including phenoxy) is 1. The van der Waals surface area contributed by atoms with Crippen LogP contribution in [0.4, 0.5) is 10.1 Å². The second kappa shape index (κ2) is 12.3. The topological polar surface area (TPSA) is 104 Å². The Kier molecular flexibility index (Phi) is 8.59. The number of hydrogen-bond donors (Lipinski definition) is 2. The standard InChI is InChI=1S/C32H44FN7O3/c1-4-26(41)40-16-15-39(18-22(40)11-13-34)30-24-10-12-32(17-21-7-5-9-25(33)28(21)38(3)20-32)29(42)27(24)35-31(36-30)43-19-23-8-6-14-37(23)2/h4-5,7,9,22-24,27,30-31,35-36H,1,6,8,10-12,14-20H2,2-3H3/t22?,23?,24?,27?,30?,31?,32-/m1/s1. The number of rotatable bonds is 6. The van der Waals surface area contributed by atoms with Crippen LogP contribution in [0.1, 0.15) is 37.7 Å². The number of amides is 1. The number of fused-ring (bicyclic) bond motifs is 2. The number of carbonyl (C=O) groups is 2. The number of carbonyl (C=O) groups excluding carboxylic acids is 2. The van der Waals surface area contributed by atoms with E-state index >= 15 is 0 Å². The molecule has 3 saturated heterocycles. The van der Waals surface area contributed by atoms with E-state index in [-0.39, 0.29) is 42.1 Å². The highest BCUT2D eigenvalue weighted by Gasteiger charge is 2.56. The van der Waals surface area contributed by atoms with Gasteiger partial charge in [0.2, 0.25) is 5.91 Å². The highest BCUT2D eigenvalue weighted by atomic mass is 19.1. The van der Waals surface area contributed by atoms with Crippen molar-refractivity contribution in [3.8, 4) is 6.07 Å². The molecule has 0 aromatic heterocycles. The third-order valence-corrected chi connectivity index (χ3v) is 10.6. The SMILES string of the molecule is C=CC(=O)N1CCN(C2NC(OCC3CCCN3C)NC3C(=O)[C@]4(CCC32)Cc2cccc(F)c2N(C)C4)CC1CC#N. The van der Waals surface area contributed by atoms with Crippen LogP contribution in [-0.4, -0.2) is 110 Å². The average Bonchev–Trinajstić information content (AvgIpc) is 3.41. The van der Waals surface area contributed by atoms with Crippen molar-refractivity contribution in [2.45, 2.75) is 69.2 Å². The Bertz CT molecular complexity index is 1290. The maximum atomic E-state index is 14.8. The zero-order chi connectivity index (χ0) is 30.3. The van der Waals surface area contributed by atoms with Gasteiger partial charge in [-0.1, -0.05) is 18.7 Å². The Morgan fingerprint density at radius 1 is 1.23 bits per heavy atom. The quantitative estimate of drug-likeness (QED) is 0.477. The first-order valence-corrected chi connectivity index (χ1v) is 15.7. The molecule has 4 aliphatic heterocycles. The van der Waals surface area contributed by atoms with E-state index in [2.05, 4.69) is 40.1 Å². The van der Waals surface area contributed by atoms with Gasteiger partial charge in [-0.05, 0) is 63.4 Å². The van der Waals surface area contributed by atoms with Gasteiger partial charge in [-0.15, -0.1) is 0 Å². The molecule has 1 aromatic rings. The third-order valence-electron chi connectivity index (χ3n) is 10.6. The van der Waals surface area contributed by atoms with Crippen molar-refractivity contribution in [1.82, 2.24) is 25.3 Å². The molecule has 232 valence electrons. The molecule has 1 amide bonds. The lowest BCUT2D eigenvalue weighted by molar-refractivity contribution is -0.152. The van der Waals surface area contributed by atoms with Crippen LogP contribution in [0.3, 0.4) is 0 Å². The smallest absolute Gasteiger partial charge is 0.246 e. The molecular weight excluding hydrogens is 549 g/mol. The van der Waals surface area contributed by atoms with Crippen LogP contribution in [0.2, 0.25) is 0 Å². The number of nitrogens with zero attached hydrogens (tertiary/aromatic N) is 5. The van der Waals surface area contributed by atoms with Crippen molar-refractivity contribution in [1.29, 1.82) is 5.26 Å². The lowest BCUT2D eigenvalue weighted by atomic mass is 9.61. The first-order chi connectivity index (χ1) is 20.7. The molecule has 0 bridgehead atoms. The number of piperazine rings is 1. The summed E-state index contributed by atoms with van der Waals surface area (Å²) < 4.78 is 21.2. The van der Waals surface area contributed by atoms with Gasteiger partial charge in [0, 0.05) is 45.2 Å². The molecule has 6 rings (SSSR count). The molecule has 4 heterocycles. The average molecular weight is 594 g/mol. The Hall–Kier alpha value is -2.88. The Morgan fingerprint density at radius 2 is 2.07 bits per heavy atom. The highest BCUT2D eigenvalue weighted by Crippen LogP contribution is 2.47. The molecule has 43 heavy (non-hydrogen) atoms. The van der Waals surface area contributed by atoms with E-state index in [1.807, 2.05) is 18.0 Å². The first-order valence-electron chi connectivity index (χ1n) is 15.7. The van der Waals surface area contributed by atoms with Gasteiger partial charge in [-0.2, -0.15) is 5.26 Å². The molecule has 4 fully saturated rings. The minimum atomic E-state index is -0.611. The monoisotopic (exact) mass is 593 g/mol. The Balaban J connectivity index is 1.26. The zero-order valence-electron chi connectivity index (χ0n) is 25.3. The molecule has 10 nitrogen and oxygen atoms in total. The predicted molar refractivity (Wildman–Crippen MR) is 160 cm³/mol. The number of nitriles is 1. The van der Waals surface area contributed by atoms with E-state index in [0.717, 1.165) is 31.4 Å². The van der Waals surface area contributed by atoms with Crippen molar-refractivity contribution in [3.05, 3.63) is 42.2 Å². The molecule has 1 aromatic carbocycles. The van der Waals surface area contributed by atoms with E-state index in [0.29, 0.717) is 57.4 Å². The molecule has 1 aliphatic carbocycles. The van der Waals surface area contributed by atoms with E-state index in [1.165, 1.54) is 12.1 Å². The van der Waals surface area contributed by atoms with Crippen molar-refractivity contribution in [2.24, 2.45) is 11.3 Å². The summed E-state index contributed by atoms with van der Waals surface area (Å²) in [7, 11) is 4.00. The van der Waals surface area contributed by atoms with Crippen LogP contribution < -0.4 is 15.5 Å². The van der Waals surface area contributed by atoms with E-state index < -0.39 is 17.8 Å². The second-order valence-corrected chi connectivity index (χ2v) is 13.1. The van der Waals surface area contributed by atoms with Crippen molar-refractivity contribution < 1.29 is 18.7 Å². The van der Waals surface area contributed by atoms with E-state index in [4.69, 9.17) is 4.74 Å². The number of benzene rings is 1. The largest absolute Gasteiger partial charge is 0.371 e. The summed E-state index contributed by atoms with van der Waals surface area (Å²) in [6, 6.07) is 7.05. The van der Waals surface area contributed by atoms with Crippen LogP contribution in [0.5, 0.6) is 0 Å². The zero-order valence-corrected chi connectivity index (χ0v) is 25.3. The molecule has 6 unspecified atom stereocenters. The number of nitrogens with one attached hydrogen (secondary N) is 2. The molecule has 1 saturated carbocycles. The van der Waals surface area contributed by atoms with Crippen LogP contribution in [-0.2, 0) is 20.7 Å². The van der Waals surface area contributed by atoms with Crippen molar-refractivity contribution >= 4 is 17.4 Å². The molecule has 11 heteroatoms. The summed E-state index contributed by atoms with van der Waals surface area (Å²) in [6.07, 6.45) is 5.14. The summed E-state index contributed by atoms with van der Waals surface area (Å²) >= 11 is 0. The fraction of sp³-hybridized carbons (Fsp3) is 0.656. The molecule has 2 N–H and O–H groups in total. The lowest BCUT2D eigenvalue weighted by Crippen LogP contribution is -2.75. The number of Topliss-reactive ketones (excluding diaryl/α,β-unsaturated/α-hetero) is 1. The van der Waals surface area contributed by atoms with Gasteiger partial charge in [-0.3, -0.25) is 25.1 Å². The maximum absolute atomic E-state index is 14.8. The minimum absolute atomic E-state index is 0.0178. The lowest BCUT2D eigenvalue weighted by Gasteiger charge is -2.55. The number of likely N-dealkylation sites (tertiary alicyclic amines) is 1. The molecular formula is C32H44FN7O3. The predicted octanol–water partition coefficient (Wildman–Crippen LogP) is 1.68. The fourth-order valence-corrected chi connectivity index (χ4v) is 8.39. The molecule has 0 radical (unpaired) electrons. The maximum Gasteiger partial charge on any atom is 0.246 e. The van der Waals surface area contributed by atoms with Gasteiger partial charge in [0.25, 0.3) is 0 Å². The van der Waals surface area contributed by atoms with Gasteiger partial charge < -0.3 is 19.4 Å². The van der Waals surface area contributed by atoms with Crippen molar-refractivity contribution in [2.75, 3.05) is 58.3 Å². The number of anilines is 1. The minimum Gasteiger partial charge on any atom is -0.371 e. The number of likely N-dealkylation sites (N-methyl/N-ethyl adjacent to an activating group) is 1. The van der Waals surface area contributed by atoms with E-state index in [9.17, 15) is 19.2 Å². The number of ketones is 1. The molecule has 7 atom stereocenters. The second-order valence-electron chi connectivity index (χ2n) is 13.1. The van der Waals surface area contributed by atoms with Gasteiger partial charge >= 0.3 is 0 Å². The summed E-state index contributed by atoms with van der Waals surface area (Å²) in [4.78, 5) is 35.4. The van der Waals surface area contributed by atoms with Crippen LogP contribution in [0.15, 0.2) is 30.9 Å². The third kappa shape index (κ3) is 5.60. The molecule has 1 spiro atoms. The van der Waals surface area contributed by atoms with Gasteiger partial charge in [0.05, 0.1) is 48.4 Å². The Morgan fingerprint density at radius 3 is 2.81 bits per heavy atom. The van der Waals surface area contributed by atoms with Crippen LogP contribution in [0, 0.1) is 28.5 Å². The summed E-state index contributed by atoms with van der Waals surface area (Å²) in [6.45, 7) is 7.37. The van der Waals surface area contributed by atoms with Gasteiger partial charge in [0.1, 0.15) is 5.82 Å². The number of para-hydroxylation sites is 1. The molecule has 5 aliphatic rings. The van der Waals surface area contributed by atoms with Gasteiger partial charge in [0.15, 0.2) is 12.1 Å². The fourth-order valence-electron chi connectivity index (χ4n) is 8.39. The van der Waals surface area contributed by atoms with Crippen molar-refractivity contribution in [3.63, 3.8) is 0 Å². The first kappa shape index (κ1) is 30.2. The normalized spacial score (nSPS) is 35.0. The van der Waals surface area contributed by atoms with Crippen LogP contribution >= 0.6 is 0 Å². The van der Waals surface area contributed by atoms with Gasteiger partial charge in [-0.25, -0.2) is 4.39 Å². The Labute approximate surface area is 253 Å². The van der Waals surface area contributed by atoms with Crippen LogP contribution in [0.25, 0.3) is 0 Å². The summed E-state index contributed by atoms with van der Waals surface area (Å²) in [5.41, 5.74) is 0.863.